The SMILES string of the molecule is CS(=O)(=O)c1ccc(-c2cc3nccc(-c4ccc(F)c(C(=O)N5CC6OCC65)c4F)c3o2)cc1. The smallest absolute Gasteiger partial charge is 0.260 e. The Hall–Kier alpha value is -3.63. The molecular formula is C25H18F2N2O5S. The van der Waals surface area contributed by atoms with Crippen molar-refractivity contribution >= 4 is 26.8 Å². The predicted molar refractivity (Wildman–Crippen MR) is 122 cm³/mol. The van der Waals surface area contributed by atoms with E-state index in [1.54, 1.807) is 18.2 Å². The third kappa shape index (κ3) is 3.43. The van der Waals surface area contributed by atoms with Crippen molar-refractivity contribution in [1.29, 1.82) is 0 Å². The Labute approximate surface area is 198 Å². The fraction of sp³-hybridized carbons (Fsp3) is 0.200. The molecule has 178 valence electrons. The molecule has 2 aromatic heterocycles. The van der Waals surface area contributed by atoms with Gasteiger partial charge in [-0.15, -0.1) is 0 Å². The van der Waals surface area contributed by atoms with Gasteiger partial charge in [-0.2, -0.15) is 0 Å². The molecule has 2 saturated heterocycles. The number of nitrogens with zero attached hydrogens (tertiary/aromatic N) is 2. The highest BCUT2D eigenvalue weighted by Gasteiger charge is 2.50. The minimum absolute atomic E-state index is 0.0115. The fourth-order valence-corrected chi connectivity index (χ4v) is 5.10. The Morgan fingerprint density at radius 2 is 1.86 bits per heavy atom. The molecule has 0 bridgehead atoms. The number of likely N-dealkylation sites (tertiary alicyclic amines) is 1. The molecule has 0 spiro atoms. The average molecular weight is 496 g/mol. The van der Waals surface area contributed by atoms with Crippen LogP contribution in [0, 0.1) is 11.6 Å². The Bertz CT molecular complexity index is 1620. The van der Waals surface area contributed by atoms with Crippen molar-refractivity contribution in [2.45, 2.75) is 17.0 Å². The summed E-state index contributed by atoms with van der Waals surface area (Å²) in [5.41, 5.74) is 1.01. The van der Waals surface area contributed by atoms with Crippen molar-refractivity contribution < 1.29 is 31.1 Å². The number of pyridine rings is 1. The zero-order valence-corrected chi connectivity index (χ0v) is 19.2. The maximum Gasteiger partial charge on any atom is 0.260 e. The van der Waals surface area contributed by atoms with Crippen LogP contribution in [0.2, 0.25) is 0 Å². The van der Waals surface area contributed by atoms with E-state index in [0.29, 0.717) is 35.6 Å². The number of ether oxygens (including phenoxy) is 1. The number of hydrogen-bond acceptors (Lipinski definition) is 6. The molecule has 2 aliphatic rings. The van der Waals surface area contributed by atoms with Gasteiger partial charge in [0.1, 0.15) is 28.5 Å². The van der Waals surface area contributed by atoms with Crippen LogP contribution in [0.3, 0.4) is 0 Å². The van der Waals surface area contributed by atoms with Gasteiger partial charge in [0.2, 0.25) is 0 Å². The molecule has 7 nitrogen and oxygen atoms in total. The zero-order valence-electron chi connectivity index (χ0n) is 18.4. The lowest BCUT2D eigenvalue weighted by atomic mass is 9.92. The van der Waals surface area contributed by atoms with E-state index in [-0.39, 0.29) is 28.2 Å². The van der Waals surface area contributed by atoms with Gasteiger partial charge in [0.05, 0.1) is 23.6 Å². The Morgan fingerprint density at radius 3 is 2.49 bits per heavy atom. The topological polar surface area (TPSA) is 89.7 Å². The molecule has 0 radical (unpaired) electrons. The maximum absolute atomic E-state index is 15.6. The summed E-state index contributed by atoms with van der Waals surface area (Å²) >= 11 is 0. The lowest BCUT2D eigenvalue weighted by molar-refractivity contribution is -0.195. The largest absolute Gasteiger partial charge is 0.454 e. The molecule has 2 unspecified atom stereocenters. The quantitative estimate of drug-likeness (QED) is 0.423. The van der Waals surface area contributed by atoms with E-state index in [1.165, 1.54) is 35.4 Å². The molecule has 2 aliphatic heterocycles. The van der Waals surface area contributed by atoms with E-state index in [9.17, 15) is 17.6 Å². The first-order valence-electron chi connectivity index (χ1n) is 10.8. The van der Waals surface area contributed by atoms with Crippen LogP contribution in [-0.2, 0) is 14.6 Å². The number of carbonyl (C=O) groups excluding carboxylic acids is 1. The van der Waals surface area contributed by atoms with Gasteiger partial charge in [0, 0.05) is 41.8 Å². The summed E-state index contributed by atoms with van der Waals surface area (Å²) in [4.78, 5) is 18.8. The zero-order chi connectivity index (χ0) is 24.5. The third-order valence-corrected chi connectivity index (χ3v) is 7.65. The summed E-state index contributed by atoms with van der Waals surface area (Å²) in [5.74, 6) is -2.21. The molecule has 10 heteroatoms. The van der Waals surface area contributed by atoms with Crippen LogP contribution in [0.1, 0.15) is 10.4 Å². The molecule has 2 aromatic carbocycles. The van der Waals surface area contributed by atoms with Crippen molar-refractivity contribution in [3.05, 3.63) is 71.9 Å². The molecule has 35 heavy (non-hydrogen) atoms. The highest BCUT2D eigenvalue weighted by molar-refractivity contribution is 7.90. The van der Waals surface area contributed by atoms with Crippen molar-refractivity contribution in [3.8, 4) is 22.5 Å². The van der Waals surface area contributed by atoms with E-state index < -0.39 is 32.9 Å². The summed E-state index contributed by atoms with van der Waals surface area (Å²) < 4.78 is 64.9. The van der Waals surface area contributed by atoms with Crippen LogP contribution >= 0.6 is 0 Å². The second-order valence-corrected chi connectivity index (χ2v) is 10.7. The molecule has 4 aromatic rings. The van der Waals surface area contributed by atoms with Gasteiger partial charge in [-0.25, -0.2) is 17.2 Å². The second kappa shape index (κ2) is 7.69. The molecular weight excluding hydrogens is 478 g/mol. The number of aromatic nitrogens is 1. The van der Waals surface area contributed by atoms with Crippen molar-refractivity contribution in [2.24, 2.45) is 0 Å². The molecule has 0 aliphatic carbocycles. The van der Waals surface area contributed by atoms with E-state index in [4.69, 9.17) is 9.15 Å². The Morgan fingerprint density at radius 1 is 1.09 bits per heavy atom. The van der Waals surface area contributed by atoms with Gasteiger partial charge in [-0.1, -0.05) is 0 Å². The number of morpholine rings is 1. The van der Waals surface area contributed by atoms with Gasteiger partial charge < -0.3 is 14.1 Å². The maximum atomic E-state index is 15.6. The number of furan rings is 1. The van der Waals surface area contributed by atoms with E-state index in [0.717, 1.165) is 12.3 Å². The van der Waals surface area contributed by atoms with Crippen LogP contribution in [-0.4, -0.2) is 55.8 Å². The number of sulfone groups is 1. The monoisotopic (exact) mass is 496 g/mol. The van der Waals surface area contributed by atoms with E-state index >= 15 is 4.39 Å². The molecule has 1 amide bonds. The van der Waals surface area contributed by atoms with Crippen LogP contribution in [0.25, 0.3) is 33.6 Å². The first-order chi connectivity index (χ1) is 16.7. The highest BCUT2D eigenvalue weighted by Crippen LogP contribution is 2.38. The number of hydrogen-bond donors (Lipinski definition) is 0. The van der Waals surface area contributed by atoms with Crippen LogP contribution in [0.4, 0.5) is 8.78 Å². The normalized spacial score (nSPS) is 19.2. The molecule has 2 fully saturated rings. The number of fused-ring (bicyclic) bond motifs is 2. The fourth-order valence-electron chi connectivity index (χ4n) is 4.47. The summed E-state index contributed by atoms with van der Waals surface area (Å²) in [7, 11) is -3.35. The number of benzene rings is 2. The second-order valence-electron chi connectivity index (χ2n) is 8.66. The van der Waals surface area contributed by atoms with Crippen LogP contribution < -0.4 is 0 Å². The first-order valence-corrected chi connectivity index (χ1v) is 12.7. The Kier molecular flexibility index (Phi) is 4.81. The summed E-state index contributed by atoms with van der Waals surface area (Å²) in [5, 5.41) is 0. The first kappa shape index (κ1) is 21.9. The van der Waals surface area contributed by atoms with E-state index in [2.05, 4.69) is 4.98 Å². The third-order valence-electron chi connectivity index (χ3n) is 6.52. The molecule has 6 rings (SSSR count). The lowest BCUT2D eigenvalue weighted by Gasteiger charge is -2.54. The molecule has 0 saturated carbocycles. The Balaban J connectivity index is 1.41. The van der Waals surface area contributed by atoms with Crippen LogP contribution in [0.15, 0.2) is 64.0 Å². The minimum atomic E-state index is -3.35. The van der Waals surface area contributed by atoms with Gasteiger partial charge >= 0.3 is 0 Å². The number of amides is 1. The van der Waals surface area contributed by atoms with Gasteiger partial charge in [-0.05, 0) is 42.5 Å². The standard InChI is InChI=1S/C25H18F2N2O5S/c1-35(31,32)14-4-2-13(3-5-14)20-10-18-24(34-20)16(8-9-28-18)15-6-7-17(26)22(23(15)27)25(30)29-11-21-19(29)12-33-21/h2-10,19,21H,11-12H2,1H3. The van der Waals surface area contributed by atoms with Gasteiger partial charge in [-0.3, -0.25) is 9.78 Å². The van der Waals surface area contributed by atoms with Crippen molar-refractivity contribution in [2.75, 3.05) is 19.4 Å². The lowest BCUT2D eigenvalue weighted by Crippen LogP contribution is -2.71. The number of carbonyl (C=O) groups is 1. The van der Waals surface area contributed by atoms with Crippen LogP contribution in [0.5, 0.6) is 0 Å². The summed E-state index contributed by atoms with van der Waals surface area (Å²) in [6.45, 7) is 0.677. The molecule has 4 heterocycles. The van der Waals surface area contributed by atoms with Crippen molar-refractivity contribution in [3.63, 3.8) is 0 Å². The predicted octanol–water partition coefficient (Wildman–Crippen LogP) is 4.07. The number of rotatable bonds is 4. The average Bonchev–Trinajstić information content (AvgIpc) is 3.25. The minimum Gasteiger partial charge on any atom is -0.454 e. The van der Waals surface area contributed by atoms with Gasteiger partial charge in [0.25, 0.3) is 5.91 Å². The molecule has 2 atom stereocenters. The summed E-state index contributed by atoms with van der Waals surface area (Å²) in [6, 6.07) is 11.5. The summed E-state index contributed by atoms with van der Waals surface area (Å²) in [6.07, 6.45) is 2.54. The van der Waals surface area contributed by atoms with Gasteiger partial charge in [0.15, 0.2) is 15.4 Å². The van der Waals surface area contributed by atoms with E-state index in [1.807, 2.05) is 0 Å². The van der Waals surface area contributed by atoms with Crippen molar-refractivity contribution in [1.82, 2.24) is 9.88 Å². The number of halogens is 2. The highest BCUT2D eigenvalue weighted by atomic mass is 32.2. The molecule has 0 N–H and O–H groups in total.